The number of nitrogens with zero attached hydrogens (tertiary/aromatic N) is 2. The number of carbonyl (C=O) groups excluding carboxylic acids is 1. The largest absolute Gasteiger partial charge is 0.449 e. The van der Waals surface area contributed by atoms with Crippen LogP contribution in [0.25, 0.3) is 10.8 Å². The lowest BCUT2D eigenvalue weighted by Crippen LogP contribution is -2.35. The van der Waals surface area contributed by atoms with Gasteiger partial charge in [-0.05, 0) is 24.6 Å². The molecule has 0 saturated carbocycles. The number of rotatable bonds is 3. The van der Waals surface area contributed by atoms with Gasteiger partial charge < -0.3 is 9.64 Å². The van der Waals surface area contributed by atoms with Crippen molar-refractivity contribution in [1.82, 2.24) is 9.80 Å². The number of fused-ring (bicyclic) bond motifs is 1. The fraction of sp³-hybridized carbons (Fsp3) is 0.278. The molecule has 1 heterocycles. The first kappa shape index (κ1) is 14.4. The first-order valence-electron chi connectivity index (χ1n) is 7.63. The Balaban J connectivity index is 2.07. The van der Waals surface area contributed by atoms with Gasteiger partial charge in [0.1, 0.15) is 6.17 Å². The standard InChI is InChI=1S/C18H20N2O2/c1-3-19-12-13-20(18(21)22-4-2)17(19)16-11-7-9-14-8-5-6-10-15(14)16/h5-13,17H,3-4H2,1-2H3. The van der Waals surface area contributed by atoms with Crippen LogP contribution in [-0.2, 0) is 4.74 Å². The van der Waals surface area contributed by atoms with E-state index < -0.39 is 0 Å². The van der Waals surface area contributed by atoms with Gasteiger partial charge in [0.25, 0.3) is 0 Å². The molecule has 1 aliphatic rings. The van der Waals surface area contributed by atoms with Crippen LogP contribution in [0.2, 0.25) is 0 Å². The molecule has 0 aliphatic carbocycles. The summed E-state index contributed by atoms with van der Waals surface area (Å²) in [6.45, 7) is 5.09. The van der Waals surface area contributed by atoms with Gasteiger partial charge in [0, 0.05) is 24.5 Å². The second-order valence-electron chi connectivity index (χ2n) is 5.18. The summed E-state index contributed by atoms with van der Waals surface area (Å²) in [6, 6.07) is 14.4. The summed E-state index contributed by atoms with van der Waals surface area (Å²) in [5, 5.41) is 2.33. The van der Waals surface area contributed by atoms with E-state index in [2.05, 4.69) is 36.1 Å². The fourth-order valence-electron chi connectivity index (χ4n) is 2.92. The highest BCUT2D eigenvalue weighted by molar-refractivity contribution is 5.86. The summed E-state index contributed by atoms with van der Waals surface area (Å²) in [4.78, 5) is 16.1. The van der Waals surface area contributed by atoms with Gasteiger partial charge in [-0.3, -0.25) is 4.90 Å². The molecule has 2 aromatic carbocycles. The minimum absolute atomic E-state index is 0.157. The minimum atomic E-state index is -0.312. The fourth-order valence-corrected chi connectivity index (χ4v) is 2.92. The topological polar surface area (TPSA) is 32.8 Å². The van der Waals surface area contributed by atoms with E-state index in [-0.39, 0.29) is 12.3 Å². The minimum Gasteiger partial charge on any atom is -0.449 e. The van der Waals surface area contributed by atoms with Crippen molar-refractivity contribution in [2.75, 3.05) is 13.2 Å². The number of ether oxygens (including phenoxy) is 1. The predicted molar refractivity (Wildman–Crippen MR) is 87.1 cm³/mol. The Morgan fingerprint density at radius 1 is 1.09 bits per heavy atom. The molecule has 22 heavy (non-hydrogen) atoms. The van der Waals surface area contributed by atoms with Crippen LogP contribution in [0.4, 0.5) is 4.79 Å². The second-order valence-corrected chi connectivity index (χ2v) is 5.18. The Hall–Kier alpha value is -2.49. The van der Waals surface area contributed by atoms with Crippen molar-refractivity contribution in [3.05, 3.63) is 60.4 Å². The zero-order valence-electron chi connectivity index (χ0n) is 12.9. The smallest absolute Gasteiger partial charge is 0.415 e. The van der Waals surface area contributed by atoms with Crippen LogP contribution in [0.1, 0.15) is 25.6 Å². The lowest BCUT2D eigenvalue weighted by molar-refractivity contribution is 0.0890. The molecule has 2 aromatic rings. The maximum Gasteiger partial charge on any atom is 0.415 e. The van der Waals surface area contributed by atoms with Crippen LogP contribution in [0.5, 0.6) is 0 Å². The highest BCUT2D eigenvalue weighted by Crippen LogP contribution is 2.35. The number of hydrogen-bond donors (Lipinski definition) is 0. The summed E-state index contributed by atoms with van der Waals surface area (Å²) >= 11 is 0. The molecule has 0 aromatic heterocycles. The maximum atomic E-state index is 12.3. The molecule has 4 nitrogen and oxygen atoms in total. The third-order valence-corrected chi connectivity index (χ3v) is 3.94. The maximum absolute atomic E-state index is 12.3. The van der Waals surface area contributed by atoms with Gasteiger partial charge in [-0.25, -0.2) is 4.79 Å². The van der Waals surface area contributed by atoms with Gasteiger partial charge in [-0.1, -0.05) is 42.5 Å². The molecule has 0 N–H and O–H groups in total. The van der Waals surface area contributed by atoms with Crippen LogP contribution in [0.3, 0.4) is 0 Å². The molecule has 3 rings (SSSR count). The van der Waals surface area contributed by atoms with E-state index in [0.717, 1.165) is 17.5 Å². The molecule has 0 fully saturated rings. The molecular weight excluding hydrogens is 276 g/mol. The second kappa shape index (κ2) is 6.10. The molecule has 1 aliphatic heterocycles. The summed E-state index contributed by atoms with van der Waals surface area (Å²) in [7, 11) is 0. The molecule has 0 spiro atoms. The van der Waals surface area contributed by atoms with Crippen molar-refractivity contribution in [3.63, 3.8) is 0 Å². The lowest BCUT2D eigenvalue weighted by atomic mass is 10.0. The van der Waals surface area contributed by atoms with Crippen molar-refractivity contribution < 1.29 is 9.53 Å². The third kappa shape index (κ3) is 2.41. The zero-order valence-corrected chi connectivity index (χ0v) is 12.9. The van der Waals surface area contributed by atoms with Gasteiger partial charge >= 0.3 is 6.09 Å². The van der Waals surface area contributed by atoms with Crippen molar-refractivity contribution >= 4 is 16.9 Å². The van der Waals surface area contributed by atoms with Gasteiger partial charge in [-0.2, -0.15) is 0 Å². The van der Waals surface area contributed by atoms with Crippen molar-refractivity contribution in [2.24, 2.45) is 0 Å². The Kier molecular flexibility index (Phi) is 4.00. The Morgan fingerprint density at radius 3 is 2.64 bits per heavy atom. The monoisotopic (exact) mass is 296 g/mol. The molecule has 1 unspecified atom stereocenters. The highest BCUT2D eigenvalue weighted by Gasteiger charge is 2.33. The van der Waals surface area contributed by atoms with E-state index in [9.17, 15) is 4.79 Å². The van der Waals surface area contributed by atoms with Gasteiger partial charge in [0.05, 0.1) is 6.61 Å². The predicted octanol–water partition coefficient (Wildman–Crippen LogP) is 4.10. The SMILES string of the molecule is CCOC(=O)N1C=CN(CC)C1c1cccc2ccccc12. The molecule has 114 valence electrons. The summed E-state index contributed by atoms with van der Waals surface area (Å²) < 4.78 is 5.19. The quantitative estimate of drug-likeness (QED) is 0.854. The molecular formula is C18H20N2O2. The van der Waals surface area contributed by atoms with E-state index >= 15 is 0 Å². The average molecular weight is 296 g/mol. The zero-order chi connectivity index (χ0) is 15.5. The number of benzene rings is 2. The van der Waals surface area contributed by atoms with Gasteiger partial charge in [0.15, 0.2) is 0 Å². The number of amides is 1. The molecule has 1 atom stereocenters. The lowest BCUT2D eigenvalue weighted by Gasteiger charge is -2.31. The molecule has 1 amide bonds. The van der Waals surface area contributed by atoms with Gasteiger partial charge in [0.2, 0.25) is 0 Å². The highest BCUT2D eigenvalue weighted by atomic mass is 16.6. The van der Waals surface area contributed by atoms with Gasteiger partial charge in [-0.15, -0.1) is 0 Å². The molecule has 0 bridgehead atoms. The van der Waals surface area contributed by atoms with Crippen LogP contribution in [0, 0.1) is 0 Å². The van der Waals surface area contributed by atoms with Crippen molar-refractivity contribution in [1.29, 1.82) is 0 Å². The summed E-state index contributed by atoms with van der Waals surface area (Å²) in [5.74, 6) is 0. The van der Waals surface area contributed by atoms with Crippen LogP contribution in [0.15, 0.2) is 54.9 Å². The molecule has 4 heteroatoms. The third-order valence-electron chi connectivity index (χ3n) is 3.94. The average Bonchev–Trinajstić information content (AvgIpc) is 2.98. The van der Waals surface area contributed by atoms with E-state index in [0.29, 0.717) is 6.61 Å². The Morgan fingerprint density at radius 2 is 1.86 bits per heavy atom. The van der Waals surface area contributed by atoms with Crippen LogP contribution in [-0.4, -0.2) is 29.0 Å². The Labute approximate surface area is 130 Å². The normalized spacial score (nSPS) is 17.3. The first-order valence-corrected chi connectivity index (χ1v) is 7.63. The Bertz CT molecular complexity index is 706. The van der Waals surface area contributed by atoms with E-state index in [1.165, 1.54) is 5.39 Å². The first-order chi connectivity index (χ1) is 10.8. The number of hydrogen-bond acceptors (Lipinski definition) is 3. The van der Waals surface area contributed by atoms with E-state index in [4.69, 9.17) is 4.74 Å². The molecule has 0 saturated heterocycles. The summed E-state index contributed by atoms with van der Waals surface area (Å²) in [5.41, 5.74) is 1.11. The van der Waals surface area contributed by atoms with Crippen LogP contribution >= 0.6 is 0 Å². The summed E-state index contributed by atoms with van der Waals surface area (Å²) in [6.07, 6.45) is 3.28. The van der Waals surface area contributed by atoms with E-state index in [1.54, 1.807) is 11.1 Å². The van der Waals surface area contributed by atoms with Crippen molar-refractivity contribution in [2.45, 2.75) is 20.0 Å². The van der Waals surface area contributed by atoms with E-state index in [1.807, 2.05) is 31.3 Å². The number of carbonyl (C=O) groups is 1. The van der Waals surface area contributed by atoms with Crippen molar-refractivity contribution in [3.8, 4) is 0 Å². The van der Waals surface area contributed by atoms with Crippen LogP contribution < -0.4 is 0 Å². The molecule has 0 radical (unpaired) electrons.